The van der Waals surface area contributed by atoms with E-state index in [0.717, 1.165) is 35.5 Å². The van der Waals surface area contributed by atoms with E-state index in [1.165, 1.54) is 0 Å². The lowest BCUT2D eigenvalue weighted by atomic mass is 9.95. The third-order valence-electron chi connectivity index (χ3n) is 5.09. The summed E-state index contributed by atoms with van der Waals surface area (Å²) in [5.41, 5.74) is 3.20. The van der Waals surface area contributed by atoms with Crippen LogP contribution in [0.15, 0.2) is 78.9 Å². The fourth-order valence-electron chi connectivity index (χ4n) is 3.62. The first-order chi connectivity index (χ1) is 13.8. The number of hydrogen-bond donors (Lipinski definition) is 1. The molecule has 1 saturated heterocycles. The van der Waals surface area contributed by atoms with Gasteiger partial charge in [0.25, 0.3) is 0 Å². The van der Waals surface area contributed by atoms with Crippen molar-refractivity contribution >= 4 is 0 Å². The Kier molecular flexibility index (Phi) is 5.90. The summed E-state index contributed by atoms with van der Waals surface area (Å²) >= 11 is 0. The Labute approximate surface area is 166 Å². The number of phenolic OH excluding ortho intramolecular Hbond substituents is 1. The largest absolute Gasteiger partial charge is 0.508 e. The summed E-state index contributed by atoms with van der Waals surface area (Å²) in [7, 11) is 0. The maximum Gasteiger partial charge on any atom is 0.120 e. The molecule has 4 heteroatoms. The van der Waals surface area contributed by atoms with E-state index in [1.54, 1.807) is 6.07 Å². The van der Waals surface area contributed by atoms with Crippen LogP contribution < -0.4 is 4.74 Å². The smallest absolute Gasteiger partial charge is 0.120 e. The van der Waals surface area contributed by atoms with Crippen molar-refractivity contribution in [3.63, 3.8) is 0 Å². The highest BCUT2D eigenvalue weighted by molar-refractivity contribution is 5.41. The minimum absolute atomic E-state index is 0.00851. The Balaban J connectivity index is 1.55. The van der Waals surface area contributed by atoms with Crippen LogP contribution in [0.3, 0.4) is 0 Å². The normalized spacial score (nSPS) is 15.9. The van der Waals surface area contributed by atoms with Gasteiger partial charge in [-0.1, -0.05) is 60.7 Å². The molecule has 1 unspecified atom stereocenters. The number of nitrogens with zero attached hydrogens (tertiary/aromatic N) is 1. The number of rotatable bonds is 6. The molecule has 4 rings (SSSR count). The number of morpholine rings is 1. The van der Waals surface area contributed by atoms with Crippen molar-refractivity contribution in [2.45, 2.75) is 12.6 Å². The van der Waals surface area contributed by atoms with Crippen LogP contribution >= 0.6 is 0 Å². The van der Waals surface area contributed by atoms with Gasteiger partial charge in [0, 0.05) is 18.7 Å². The molecule has 0 saturated carbocycles. The molecule has 1 heterocycles. The Morgan fingerprint density at radius 1 is 0.857 bits per heavy atom. The minimum atomic E-state index is 0.00851. The van der Waals surface area contributed by atoms with E-state index in [9.17, 15) is 5.11 Å². The monoisotopic (exact) mass is 375 g/mol. The zero-order valence-corrected chi connectivity index (χ0v) is 15.8. The quantitative estimate of drug-likeness (QED) is 0.694. The van der Waals surface area contributed by atoms with E-state index in [4.69, 9.17) is 9.47 Å². The van der Waals surface area contributed by atoms with Gasteiger partial charge in [-0.2, -0.15) is 0 Å². The van der Waals surface area contributed by atoms with Crippen LogP contribution in [0.25, 0.3) is 0 Å². The Morgan fingerprint density at radius 3 is 2.25 bits per heavy atom. The van der Waals surface area contributed by atoms with Crippen molar-refractivity contribution < 1.29 is 14.6 Å². The van der Waals surface area contributed by atoms with Gasteiger partial charge < -0.3 is 14.6 Å². The molecule has 4 nitrogen and oxygen atoms in total. The number of ether oxygens (including phenoxy) is 2. The van der Waals surface area contributed by atoms with Gasteiger partial charge in [-0.25, -0.2) is 0 Å². The van der Waals surface area contributed by atoms with Crippen molar-refractivity contribution in [2.75, 3.05) is 26.3 Å². The number of para-hydroxylation sites is 2. The van der Waals surface area contributed by atoms with Crippen molar-refractivity contribution in [2.24, 2.45) is 0 Å². The summed E-state index contributed by atoms with van der Waals surface area (Å²) < 4.78 is 11.4. The van der Waals surface area contributed by atoms with Gasteiger partial charge in [-0.3, -0.25) is 4.90 Å². The van der Waals surface area contributed by atoms with Crippen molar-refractivity contribution in [1.82, 2.24) is 4.90 Å². The lowest BCUT2D eigenvalue weighted by Gasteiger charge is -2.35. The van der Waals surface area contributed by atoms with Gasteiger partial charge in [-0.05, 0) is 29.3 Å². The van der Waals surface area contributed by atoms with E-state index >= 15 is 0 Å². The lowest BCUT2D eigenvalue weighted by Crippen LogP contribution is -2.39. The molecule has 0 bridgehead atoms. The van der Waals surface area contributed by atoms with E-state index in [2.05, 4.69) is 29.2 Å². The average Bonchev–Trinajstić information content (AvgIpc) is 2.76. The third-order valence-corrected chi connectivity index (χ3v) is 5.09. The predicted molar refractivity (Wildman–Crippen MR) is 110 cm³/mol. The molecule has 3 aromatic rings. The maximum absolute atomic E-state index is 10.5. The van der Waals surface area contributed by atoms with Crippen LogP contribution in [0, 0.1) is 0 Å². The summed E-state index contributed by atoms with van der Waals surface area (Å²) in [6, 6.07) is 25.9. The average molecular weight is 375 g/mol. The van der Waals surface area contributed by atoms with E-state index < -0.39 is 0 Å². The molecule has 0 aromatic heterocycles. The molecule has 1 aliphatic rings. The van der Waals surface area contributed by atoms with Crippen molar-refractivity contribution in [3.05, 3.63) is 95.6 Å². The van der Waals surface area contributed by atoms with Crippen molar-refractivity contribution in [3.8, 4) is 11.5 Å². The second-order valence-electron chi connectivity index (χ2n) is 6.95. The second-order valence-corrected chi connectivity index (χ2v) is 6.95. The molecule has 0 aliphatic carbocycles. The van der Waals surface area contributed by atoms with Gasteiger partial charge in [-0.15, -0.1) is 0 Å². The highest BCUT2D eigenvalue weighted by Crippen LogP contribution is 2.34. The lowest BCUT2D eigenvalue weighted by molar-refractivity contribution is 0.0235. The second kappa shape index (κ2) is 8.91. The third kappa shape index (κ3) is 4.35. The van der Waals surface area contributed by atoms with Crippen LogP contribution in [-0.4, -0.2) is 36.3 Å². The molecule has 1 atom stereocenters. The molecule has 28 heavy (non-hydrogen) atoms. The number of hydrogen-bond acceptors (Lipinski definition) is 4. The van der Waals surface area contributed by atoms with Crippen molar-refractivity contribution in [1.29, 1.82) is 0 Å². The van der Waals surface area contributed by atoms with Crippen LogP contribution in [0.1, 0.15) is 22.7 Å². The molecular weight excluding hydrogens is 350 g/mol. The fourth-order valence-corrected chi connectivity index (χ4v) is 3.62. The standard InChI is InChI=1S/C24H25NO3/c26-23-9-5-4-8-22(23)24(25-14-16-27-17-15-25)20-12-10-19(11-13-20)18-28-21-6-2-1-3-7-21/h1-13,24,26H,14-18H2. The van der Waals surface area contributed by atoms with Gasteiger partial charge in [0.15, 0.2) is 0 Å². The summed E-state index contributed by atoms with van der Waals surface area (Å²) in [4.78, 5) is 2.37. The molecule has 1 aliphatic heterocycles. The maximum atomic E-state index is 10.5. The van der Waals surface area contributed by atoms with E-state index in [1.807, 2.05) is 48.5 Å². The molecular formula is C24H25NO3. The molecule has 1 fully saturated rings. The summed E-state index contributed by atoms with van der Waals surface area (Å²) in [6.45, 7) is 3.65. The number of phenols is 1. The SMILES string of the molecule is Oc1ccccc1C(c1ccc(COc2ccccc2)cc1)N1CCOCC1. The first-order valence-corrected chi connectivity index (χ1v) is 9.67. The van der Waals surface area contributed by atoms with Gasteiger partial charge in [0.05, 0.1) is 19.3 Å². The Bertz CT molecular complexity index is 874. The predicted octanol–water partition coefficient (Wildman–Crippen LogP) is 4.39. The van der Waals surface area contributed by atoms with Crippen LogP contribution in [0.4, 0.5) is 0 Å². The van der Waals surface area contributed by atoms with Crippen LogP contribution in [0.5, 0.6) is 11.5 Å². The molecule has 1 N–H and O–H groups in total. The van der Waals surface area contributed by atoms with Gasteiger partial charge >= 0.3 is 0 Å². The van der Waals surface area contributed by atoms with E-state index in [0.29, 0.717) is 25.6 Å². The summed E-state index contributed by atoms with van der Waals surface area (Å²) in [5, 5.41) is 10.5. The Morgan fingerprint density at radius 2 is 1.54 bits per heavy atom. The van der Waals surface area contributed by atoms with Crippen LogP contribution in [0.2, 0.25) is 0 Å². The molecule has 0 amide bonds. The molecule has 0 radical (unpaired) electrons. The minimum Gasteiger partial charge on any atom is -0.508 e. The highest BCUT2D eigenvalue weighted by Gasteiger charge is 2.26. The first-order valence-electron chi connectivity index (χ1n) is 9.67. The topological polar surface area (TPSA) is 41.9 Å². The van der Waals surface area contributed by atoms with Gasteiger partial charge in [0.1, 0.15) is 18.1 Å². The summed E-state index contributed by atoms with van der Waals surface area (Å²) in [6.07, 6.45) is 0. The zero-order valence-electron chi connectivity index (χ0n) is 15.8. The van der Waals surface area contributed by atoms with Gasteiger partial charge in [0.2, 0.25) is 0 Å². The Hall–Kier alpha value is -2.82. The van der Waals surface area contributed by atoms with Crippen LogP contribution in [-0.2, 0) is 11.3 Å². The zero-order chi connectivity index (χ0) is 19.2. The first kappa shape index (κ1) is 18.5. The molecule has 0 spiro atoms. The number of aromatic hydroxyl groups is 1. The van der Waals surface area contributed by atoms with E-state index in [-0.39, 0.29) is 6.04 Å². The highest BCUT2D eigenvalue weighted by atomic mass is 16.5. The summed E-state index contributed by atoms with van der Waals surface area (Å²) in [5.74, 6) is 1.20. The molecule has 144 valence electrons. The molecule has 3 aromatic carbocycles. The number of benzene rings is 3. The fraction of sp³-hybridized carbons (Fsp3) is 0.250.